The maximum Gasteiger partial charge on any atom is 0.337 e. The molecule has 0 aromatic heterocycles. The average Bonchev–Trinajstić information content (AvgIpc) is 3.38. The number of carbonyl (C=O) groups is 2. The second kappa shape index (κ2) is 13.2. The predicted octanol–water partition coefficient (Wildman–Crippen LogP) is 7.80. The van der Waals surface area contributed by atoms with E-state index in [1.165, 1.54) is 43.5 Å². The largest absolute Gasteiger partial charge is 0.465 e. The van der Waals surface area contributed by atoms with Gasteiger partial charge in [-0.05, 0) is 59.9 Å². The number of nitrogens with one attached hydrogen (secondary N) is 2. The third-order valence-corrected chi connectivity index (χ3v) is 9.85. The number of nitrogens with zero attached hydrogens (tertiary/aromatic N) is 1. The van der Waals surface area contributed by atoms with Crippen LogP contribution in [0.3, 0.4) is 0 Å². The molecule has 1 aliphatic carbocycles. The molecule has 0 spiro atoms. The topological polar surface area (TPSA) is 91.2 Å². The summed E-state index contributed by atoms with van der Waals surface area (Å²) in [5.74, 6) is -3.71. The van der Waals surface area contributed by atoms with E-state index < -0.39 is 46.9 Å². The van der Waals surface area contributed by atoms with Crippen molar-refractivity contribution < 1.29 is 23.1 Å². The summed E-state index contributed by atoms with van der Waals surface area (Å²) in [6, 6.07) is 15.2. The lowest BCUT2D eigenvalue weighted by Gasteiger charge is -2.41. The summed E-state index contributed by atoms with van der Waals surface area (Å²) < 4.78 is 36.7. The van der Waals surface area contributed by atoms with Gasteiger partial charge in [0.15, 0.2) is 0 Å². The van der Waals surface area contributed by atoms with Crippen molar-refractivity contribution in [2.45, 2.75) is 62.4 Å². The first-order valence-electron chi connectivity index (χ1n) is 14.7. The molecule has 1 saturated carbocycles. The zero-order valence-corrected chi connectivity index (χ0v) is 25.9. The average molecular weight is 641 g/mol. The molecule has 0 bridgehead atoms. The number of methoxy groups -OCH3 is 1. The lowest BCUT2D eigenvalue weighted by atomic mass is 9.60. The molecule has 0 radical (unpaired) electrons. The van der Waals surface area contributed by atoms with E-state index in [1.807, 2.05) is 6.92 Å². The number of anilines is 1. The summed E-state index contributed by atoms with van der Waals surface area (Å²) in [5, 5.41) is 17.4. The first-order valence-corrected chi connectivity index (χ1v) is 15.4. The Morgan fingerprint density at radius 2 is 1.77 bits per heavy atom. The van der Waals surface area contributed by atoms with Crippen LogP contribution >= 0.6 is 23.2 Å². The van der Waals surface area contributed by atoms with Gasteiger partial charge in [-0.2, -0.15) is 5.26 Å². The van der Waals surface area contributed by atoms with Crippen LogP contribution in [0.2, 0.25) is 10.0 Å². The Labute approximate surface area is 265 Å². The van der Waals surface area contributed by atoms with Gasteiger partial charge in [-0.1, -0.05) is 80.4 Å². The molecule has 230 valence electrons. The van der Waals surface area contributed by atoms with Crippen molar-refractivity contribution in [3.63, 3.8) is 0 Å². The molecule has 3 aromatic carbocycles. The molecule has 1 unspecified atom stereocenters. The predicted molar refractivity (Wildman–Crippen MR) is 166 cm³/mol. The second-order valence-electron chi connectivity index (χ2n) is 11.7. The van der Waals surface area contributed by atoms with E-state index >= 15 is 8.78 Å². The first-order chi connectivity index (χ1) is 21.1. The number of carbonyl (C=O) groups excluding carboxylic acids is 2. The van der Waals surface area contributed by atoms with Crippen molar-refractivity contribution in [2.75, 3.05) is 12.4 Å². The Hall–Kier alpha value is -3.51. The van der Waals surface area contributed by atoms with E-state index in [4.69, 9.17) is 27.9 Å². The van der Waals surface area contributed by atoms with E-state index in [-0.39, 0.29) is 33.0 Å². The monoisotopic (exact) mass is 639 g/mol. The second-order valence-corrected chi connectivity index (χ2v) is 12.5. The number of rotatable bonds is 7. The van der Waals surface area contributed by atoms with E-state index in [0.29, 0.717) is 11.3 Å². The van der Waals surface area contributed by atoms with Crippen molar-refractivity contribution in [1.29, 1.82) is 5.26 Å². The number of nitriles is 1. The van der Waals surface area contributed by atoms with Crippen LogP contribution < -0.4 is 10.6 Å². The number of amides is 1. The minimum atomic E-state index is -1.71. The van der Waals surface area contributed by atoms with Crippen LogP contribution in [-0.2, 0) is 14.9 Å². The van der Waals surface area contributed by atoms with Gasteiger partial charge in [0, 0.05) is 28.2 Å². The highest BCUT2D eigenvalue weighted by atomic mass is 35.5. The number of ether oxygens (including phenoxy) is 1. The maximum atomic E-state index is 16.0. The molecule has 2 aliphatic rings. The summed E-state index contributed by atoms with van der Waals surface area (Å²) >= 11 is 12.4. The molecule has 5 atom stereocenters. The minimum Gasteiger partial charge on any atom is -0.465 e. The zero-order chi connectivity index (χ0) is 31.6. The SMILES string of the molecule is COC(=O)c1ccc(NC(=O)[C@@H]2N[C@@H](C(C)C3CCCCC3)[C@](C#N)(c3ccc(Cl)cc3F)[C@H]2c2cccc(Cl)c2F)cc1. The number of esters is 1. The van der Waals surface area contributed by atoms with Crippen LogP contribution in [0, 0.1) is 34.8 Å². The summed E-state index contributed by atoms with van der Waals surface area (Å²) in [4.78, 5) is 26.0. The van der Waals surface area contributed by atoms with Crippen molar-refractivity contribution in [3.05, 3.63) is 99.0 Å². The van der Waals surface area contributed by atoms with E-state index in [2.05, 4.69) is 16.7 Å². The fourth-order valence-electron chi connectivity index (χ4n) is 7.18. The Bertz CT molecular complexity index is 1590. The van der Waals surface area contributed by atoms with Gasteiger partial charge in [0.05, 0.1) is 29.8 Å². The van der Waals surface area contributed by atoms with Crippen molar-refractivity contribution >= 4 is 40.8 Å². The molecule has 1 aliphatic heterocycles. The quantitative estimate of drug-likeness (QED) is 0.257. The van der Waals surface area contributed by atoms with E-state index in [9.17, 15) is 14.9 Å². The molecule has 1 saturated heterocycles. The molecular weight excluding hydrogens is 607 g/mol. The standard InChI is InChI=1S/C34H33Cl2F2N3O3/c1-19(20-7-4-3-5-8-20)31-34(18-39,25-16-13-22(35)17-27(25)37)28(24-9-6-10-26(36)29(24)38)30(41-31)32(42)40-23-14-11-21(12-15-23)33(43)44-2/h6,9-17,19-20,28,30-31,41H,3-5,7-8H2,1-2H3,(H,40,42)/t19?,28-,30+,31-,34+/m0/s1. The Morgan fingerprint density at radius 3 is 2.41 bits per heavy atom. The molecule has 10 heteroatoms. The molecule has 5 rings (SSSR count). The third kappa shape index (κ3) is 5.81. The lowest BCUT2D eigenvalue weighted by molar-refractivity contribution is -0.118. The molecular formula is C34H33Cl2F2N3O3. The molecule has 2 N–H and O–H groups in total. The van der Waals surface area contributed by atoms with E-state index in [1.54, 1.807) is 18.2 Å². The van der Waals surface area contributed by atoms with Gasteiger partial charge in [0.25, 0.3) is 0 Å². The van der Waals surface area contributed by atoms with Crippen LogP contribution in [-0.4, -0.2) is 31.1 Å². The highest BCUT2D eigenvalue weighted by Gasteiger charge is 2.62. The Morgan fingerprint density at radius 1 is 1.07 bits per heavy atom. The Balaban J connectivity index is 1.67. The molecule has 2 fully saturated rings. The summed E-state index contributed by atoms with van der Waals surface area (Å²) in [7, 11) is 1.27. The third-order valence-electron chi connectivity index (χ3n) is 9.33. The first kappa shape index (κ1) is 31.9. The fourth-order valence-corrected chi connectivity index (χ4v) is 7.52. The van der Waals surface area contributed by atoms with Crippen LogP contribution in [0.4, 0.5) is 14.5 Å². The number of halogens is 4. The van der Waals surface area contributed by atoms with Crippen molar-refractivity contribution in [2.24, 2.45) is 11.8 Å². The molecule has 44 heavy (non-hydrogen) atoms. The van der Waals surface area contributed by atoms with Crippen LogP contribution in [0.5, 0.6) is 0 Å². The highest BCUT2D eigenvalue weighted by molar-refractivity contribution is 6.31. The molecule has 1 amide bonds. The van der Waals surface area contributed by atoms with Gasteiger partial charge in [0.2, 0.25) is 5.91 Å². The zero-order valence-electron chi connectivity index (χ0n) is 24.4. The highest BCUT2D eigenvalue weighted by Crippen LogP contribution is 2.54. The number of hydrogen-bond donors (Lipinski definition) is 2. The minimum absolute atomic E-state index is 0.0282. The Kier molecular flexibility index (Phi) is 9.59. The molecule has 1 heterocycles. The van der Waals surface area contributed by atoms with Gasteiger partial charge < -0.3 is 15.4 Å². The summed E-state index contributed by atoms with van der Waals surface area (Å²) in [6.45, 7) is 2.02. The fraction of sp³-hybridized carbons (Fsp3) is 0.382. The maximum absolute atomic E-state index is 16.0. The smallest absolute Gasteiger partial charge is 0.337 e. The van der Waals surface area contributed by atoms with Gasteiger partial charge in [-0.3, -0.25) is 4.79 Å². The summed E-state index contributed by atoms with van der Waals surface area (Å²) in [5.41, 5.74) is -0.981. The number of benzene rings is 3. The summed E-state index contributed by atoms with van der Waals surface area (Å²) in [6.07, 6.45) is 5.06. The lowest BCUT2D eigenvalue weighted by Crippen LogP contribution is -2.49. The van der Waals surface area contributed by atoms with Gasteiger partial charge >= 0.3 is 5.97 Å². The van der Waals surface area contributed by atoms with Gasteiger partial charge in [-0.15, -0.1) is 0 Å². The van der Waals surface area contributed by atoms with E-state index in [0.717, 1.165) is 38.2 Å². The van der Waals surface area contributed by atoms with Crippen molar-refractivity contribution in [1.82, 2.24) is 5.32 Å². The van der Waals surface area contributed by atoms with Crippen LogP contribution in [0.25, 0.3) is 0 Å². The molecule has 6 nitrogen and oxygen atoms in total. The van der Waals surface area contributed by atoms with Gasteiger partial charge in [-0.25, -0.2) is 13.6 Å². The normalized spacial score (nSPS) is 24.3. The number of hydrogen-bond acceptors (Lipinski definition) is 5. The molecule has 3 aromatic rings. The van der Waals surface area contributed by atoms with Crippen LogP contribution in [0.15, 0.2) is 60.7 Å². The van der Waals surface area contributed by atoms with Gasteiger partial charge in [0.1, 0.15) is 17.0 Å². The van der Waals surface area contributed by atoms with Crippen molar-refractivity contribution in [3.8, 4) is 6.07 Å². The van der Waals surface area contributed by atoms with Crippen LogP contribution in [0.1, 0.15) is 66.4 Å².